The molecule has 1 amide bonds. The molecule has 0 heterocycles. The Hall–Kier alpha value is -3.09. The molecular weight excluding hydrogens is 286 g/mol. The molecule has 0 aliphatic rings. The van der Waals surface area contributed by atoms with E-state index in [-0.39, 0.29) is 29.5 Å². The van der Waals surface area contributed by atoms with Gasteiger partial charge in [0.05, 0.1) is 4.92 Å². The minimum Gasteiger partial charge on any atom is -0.508 e. The van der Waals surface area contributed by atoms with Gasteiger partial charge in [0.1, 0.15) is 11.4 Å². The molecule has 0 unspecified atom stereocenters. The second-order valence-corrected chi connectivity index (χ2v) is 4.58. The molecule has 0 fully saturated rings. The van der Waals surface area contributed by atoms with Gasteiger partial charge in [0.25, 0.3) is 5.69 Å². The summed E-state index contributed by atoms with van der Waals surface area (Å²) in [7, 11) is 0. The highest BCUT2D eigenvalue weighted by molar-refractivity contribution is 5.78. The van der Waals surface area contributed by atoms with E-state index in [0.29, 0.717) is 12.0 Å². The van der Waals surface area contributed by atoms with Gasteiger partial charge in [-0.3, -0.25) is 25.8 Å². The van der Waals surface area contributed by atoms with Gasteiger partial charge in [-0.05, 0) is 24.1 Å². The van der Waals surface area contributed by atoms with Crippen molar-refractivity contribution in [2.75, 3.05) is 5.43 Å². The number of nitro groups is 1. The zero-order valence-electron chi connectivity index (χ0n) is 11.7. The van der Waals surface area contributed by atoms with Crippen LogP contribution in [-0.4, -0.2) is 15.9 Å². The maximum atomic E-state index is 11.8. The fourth-order valence-corrected chi connectivity index (χ4v) is 1.91. The monoisotopic (exact) mass is 301 g/mol. The van der Waals surface area contributed by atoms with E-state index in [1.807, 2.05) is 0 Å². The summed E-state index contributed by atoms with van der Waals surface area (Å²) >= 11 is 0. The van der Waals surface area contributed by atoms with Crippen LogP contribution in [0, 0.1) is 10.1 Å². The minimum absolute atomic E-state index is 0.122. The van der Waals surface area contributed by atoms with Crippen LogP contribution in [0.4, 0.5) is 11.4 Å². The summed E-state index contributed by atoms with van der Waals surface area (Å²) in [5.74, 6) is -0.191. The first-order valence-electron chi connectivity index (χ1n) is 6.63. The number of aryl methyl sites for hydroxylation is 1. The first kappa shape index (κ1) is 15.3. The fraction of sp³-hybridized carbons (Fsp3) is 0.133. The van der Waals surface area contributed by atoms with E-state index in [1.165, 1.54) is 12.1 Å². The van der Waals surface area contributed by atoms with Crippen LogP contribution in [0.3, 0.4) is 0 Å². The number of nitrogens with zero attached hydrogens (tertiary/aromatic N) is 1. The van der Waals surface area contributed by atoms with Gasteiger partial charge in [-0.25, -0.2) is 0 Å². The maximum absolute atomic E-state index is 11.8. The van der Waals surface area contributed by atoms with Crippen molar-refractivity contribution in [3.8, 4) is 5.75 Å². The number of anilines is 1. The Morgan fingerprint density at radius 3 is 2.55 bits per heavy atom. The average Bonchev–Trinajstić information content (AvgIpc) is 2.52. The Kier molecular flexibility index (Phi) is 4.92. The highest BCUT2D eigenvalue weighted by atomic mass is 16.6. The van der Waals surface area contributed by atoms with E-state index in [9.17, 15) is 20.0 Å². The molecule has 0 aromatic heterocycles. The number of aromatic hydroxyl groups is 1. The van der Waals surface area contributed by atoms with Crippen LogP contribution in [0.5, 0.6) is 5.75 Å². The molecule has 7 nitrogen and oxygen atoms in total. The van der Waals surface area contributed by atoms with Crippen molar-refractivity contribution < 1.29 is 14.8 Å². The molecule has 0 saturated carbocycles. The van der Waals surface area contributed by atoms with Crippen LogP contribution in [0.15, 0.2) is 48.5 Å². The first-order valence-corrected chi connectivity index (χ1v) is 6.63. The van der Waals surface area contributed by atoms with Crippen LogP contribution >= 0.6 is 0 Å². The number of carbonyl (C=O) groups is 1. The summed E-state index contributed by atoms with van der Waals surface area (Å²) in [5.41, 5.74) is 5.71. The van der Waals surface area contributed by atoms with Gasteiger partial charge in [0.15, 0.2) is 0 Å². The third-order valence-corrected chi connectivity index (χ3v) is 3.05. The van der Waals surface area contributed by atoms with E-state index < -0.39 is 4.92 Å². The number of carbonyl (C=O) groups excluding carboxylic acids is 1. The summed E-state index contributed by atoms with van der Waals surface area (Å²) < 4.78 is 0. The van der Waals surface area contributed by atoms with Crippen molar-refractivity contribution in [2.45, 2.75) is 12.8 Å². The Labute approximate surface area is 126 Å². The topological polar surface area (TPSA) is 104 Å². The number of phenolic OH excluding ortho intramolecular Hbond substituents is 1. The Morgan fingerprint density at radius 2 is 1.82 bits per heavy atom. The summed E-state index contributed by atoms with van der Waals surface area (Å²) in [6.45, 7) is 0. The Bertz CT molecular complexity index is 688. The van der Waals surface area contributed by atoms with Gasteiger partial charge in [-0.15, -0.1) is 0 Å². The third-order valence-electron chi connectivity index (χ3n) is 3.05. The highest BCUT2D eigenvalue weighted by Gasteiger charge is 2.12. The molecule has 0 aliphatic heterocycles. The zero-order valence-corrected chi connectivity index (χ0v) is 11.7. The Morgan fingerprint density at radius 1 is 1.14 bits per heavy atom. The summed E-state index contributed by atoms with van der Waals surface area (Å²) in [6.07, 6.45) is 0.516. The van der Waals surface area contributed by atoms with Crippen molar-refractivity contribution in [3.63, 3.8) is 0 Å². The highest BCUT2D eigenvalue weighted by Crippen LogP contribution is 2.22. The molecule has 22 heavy (non-hydrogen) atoms. The average molecular weight is 301 g/mol. The minimum atomic E-state index is -0.531. The number of hydrogen-bond acceptors (Lipinski definition) is 5. The standard InChI is InChI=1S/C15H15N3O4/c19-14-8-4-1-5-11(14)9-10-15(20)17-16-12-6-2-3-7-13(12)18(21)22/h1-8,16,19H,9-10H2,(H,17,20). The number of hydrogen-bond donors (Lipinski definition) is 3. The van der Waals surface area contributed by atoms with E-state index in [4.69, 9.17) is 0 Å². The van der Waals surface area contributed by atoms with Crippen LogP contribution < -0.4 is 10.9 Å². The normalized spacial score (nSPS) is 10.0. The van der Waals surface area contributed by atoms with Crippen LogP contribution in [0.25, 0.3) is 0 Å². The van der Waals surface area contributed by atoms with E-state index in [0.717, 1.165) is 0 Å². The summed E-state index contributed by atoms with van der Waals surface area (Å²) in [6, 6.07) is 12.8. The molecule has 0 spiro atoms. The molecular formula is C15H15N3O4. The number of phenols is 1. The number of para-hydroxylation sites is 3. The molecule has 2 aromatic rings. The molecule has 114 valence electrons. The van der Waals surface area contributed by atoms with Crippen LogP contribution in [-0.2, 0) is 11.2 Å². The smallest absolute Gasteiger partial charge is 0.294 e. The molecule has 0 atom stereocenters. The van der Waals surface area contributed by atoms with Crippen molar-refractivity contribution >= 4 is 17.3 Å². The van der Waals surface area contributed by atoms with Crippen molar-refractivity contribution in [3.05, 3.63) is 64.2 Å². The predicted molar refractivity (Wildman–Crippen MR) is 81.3 cm³/mol. The van der Waals surface area contributed by atoms with Gasteiger partial charge in [0.2, 0.25) is 5.91 Å². The number of hydrazine groups is 1. The predicted octanol–water partition coefficient (Wildman–Crippen LogP) is 2.38. The van der Waals surface area contributed by atoms with Gasteiger partial charge >= 0.3 is 0 Å². The van der Waals surface area contributed by atoms with Crippen LogP contribution in [0.1, 0.15) is 12.0 Å². The number of amides is 1. The quantitative estimate of drug-likeness (QED) is 0.561. The number of nitro benzene ring substituents is 1. The lowest BCUT2D eigenvalue weighted by molar-refractivity contribution is -0.384. The number of benzene rings is 2. The molecule has 2 aromatic carbocycles. The number of nitrogens with one attached hydrogen (secondary N) is 2. The second-order valence-electron chi connectivity index (χ2n) is 4.58. The SMILES string of the molecule is O=C(CCc1ccccc1O)NNc1ccccc1[N+](=O)[O-]. The molecule has 3 N–H and O–H groups in total. The first-order chi connectivity index (χ1) is 10.6. The molecule has 0 radical (unpaired) electrons. The maximum Gasteiger partial charge on any atom is 0.294 e. The zero-order chi connectivity index (χ0) is 15.9. The summed E-state index contributed by atoms with van der Waals surface area (Å²) in [4.78, 5) is 22.1. The van der Waals surface area contributed by atoms with Crippen molar-refractivity contribution in [2.24, 2.45) is 0 Å². The van der Waals surface area contributed by atoms with E-state index >= 15 is 0 Å². The van der Waals surface area contributed by atoms with E-state index in [1.54, 1.807) is 36.4 Å². The van der Waals surface area contributed by atoms with Gasteiger partial charge < -0.3 is 5.11 Å². The molecule has 7 heteroatoms. The van der Waals surface area contributed by atoms with Crippen molar-refractivity contribution in [1.82, 2.24) is 5.43 Å². The van der Waals surface area contributed by atoms with E-state index in [2.05, 4.69) is 10.9 Å². The van der Waals surface area contributed by atoms with Crippen molar-refractivity contribution in [1.29, 1.82) is 0 Å². The lowest BCUT2D eigenvalue weighted by Gasteiger charge is -2.09. The van der Waals surface area contributed by atoms with Gasteiger partial charge in [-0.2, -0.15) is 0 Å². The largest absolute Gasteiger partial charge is 0.508 e. The Balaban J connectivity index is 1.89. The van der Waals surface area contributed by atoms with Crippen LogP contribution in [0.2, 0.25) is 0 Å². The molecule has 0 bridgehead atoms. The number of rotatable bonds is 6. The molecule has 0 saturated heterocycles. The van der Waals surface area contributed by atoms with Gasteiger partial charge in [-0.1, -0.05) is 30.3 Å². The lowest BCUT2D eigenvalue weighted by Crippen LogP contribution is -2.29. The third kappa shape index (κ3) is 3.95. The lowest BCUT2D eigenvalue weighted by atomic mass is 10.1. The second kappa shape index (κ2) is 7.07. The molecule has 2 rings (SSSR count). The van der Waals surface area contributed by atoms with Gasteiger partial charge in [0, 0.05) is 12.5 Å². The summed E-state index contributed by atoms with van der Waals surface area (Å²) in [5, 5.41) is 20.4. The molecule has 0 aliphatic carbocycles. The fourth-order valence-electron chi connectivity index (χ4n) is 1.91.